The van der Waals surface area contributed by atoms with Gasteiger partial charge in [-0.3, -0.25) is 9.59 Å². The van der Waals surface area contributed by atoms with Crippen LogP contribution in [0.3, 0.4) is 0 Å². The minimum absolute atomic E-state index is 0.00944. The Morgan fingerprint density at radius 1 is 1.00 bits per heavy atom. The number of amides is 2. The zero-order chi connectivity index (χ0) is 20.1. The summed E-state index contributed by atoms with van der Waals surface area (Å²) in [5.41, 5.74) is 2.34. The van der Waals surface area contributed by atoms with Crippen LogP contribution in [0.1, 0.15) is 24.0 Å². The van der Waals surface area contributed by atoms with Crippen LogP contribution in [0, 0.1) is 17.8 Å². The smallest absolute Gasteiger partial charge is 0.227 e. The molecule has 4 nitrogen and oxygen atoms in total. The average Bonchev–Trinajstić information content (AvgIpc) is 2.77. The third kappa shape index (κ3) is 4.58. The Labute approximate surface area is 172 Å². The summed E-state index contributed by atoms with van der Waals surface area (Å²) in [6.07, 6.45) is 6.60. The number of benzene rings is 2. The second kappa shape index (κ2) is 9.08. The van der Waals surface area contributed by atoms with Crippen molar-refractivity contribution >= 4 is 11.8 Å². The number of hydrogen-bond donors (Lipinski definition) is 1. The van der Waals surface area contributed by atoms with Crippen molar-refractivity contribution in [3.05, 3.63) is 83.9 Å². The van der Waals surface area contributed by atoms with Gasteiger partial charge in [-0.25, -0.2) is 0 Å². The molecule has 1 aliphatic carbocycles. The maximum Gasteiger partial charge on any atom is 0.227 e. The van der Waals surface area contributed by atoms with Crippen LogP contribution in [0.15, 0.2) is 72.8 Å². The average molecular weight is 389 g/mol. The Balaban J connectivity index is 1.40. The Kier molecular flexibility index (Phi) is 6.09. The molecule has 4 rings (SSSR count). The van der Waals surface area contributed by atoms with Crippen LogP contribution < -0.4 is 5.32 Å². The topological polar surface area (TPSA) is 49.4 Å². The van der Waals surface area contributed by atoms with E-state index in [1.807, 2.05) is 53.4 Å². The van der Waals surface area contributed by atoms with Crippen molar-refractivity contribution in [1.82, 2.24) is 10.2 Å². The van der Waals surface area contributed by atoms with E-state index in [0.717, 1.165) is 24.9 Å². The molecule has 3 atom stereocenters. The highest BCUT2D eigenvalue weighted by Crippen LogP contribution is 2.37. The first kappa shape index (κ1) is 19.4. The highest BCUT2D eigenvalue weighted by molar-refractivity contribution is 5.89. The van der Waals surface area contributed by atoms with E-state index in [2.05, 4.69) is 29.6 Å². The molecule has 2 aromatic rings. The summed E-state index contributed by atoms with van der Waals surface area (Å²) in [5.74, 6) is -0.206. The number of nitrogens with one attached hydrogen (secondary N) is 1. The van der Waals surface area contributed by atoms with Gasteiger partial charge in [0.1, 0.15) is 0 Å². The number of rotatable bonds is 6. The van der Waals surface area contributed by atoms with Gasteiger partial charge >= 0.3 is 0 Å². The molecular formula is C25H28N2O2. The number of fused-ring (bicyclic) bond motifs is 1. The number of allylic oxidation sites excluding steroid dienone is 2. The molecule has 1 fully saturated rings. The van der Waals surface area contributed by atoms with E-state index in [4.69, 9.17) is 0 Å². The zero-order valence-corrected chi connectivity index (χ0v) is 16.7. The standard InChI is InChI=1S/C25H28N2O2/c28-24(26-16-14-19-8-3-1-4-9-19)22-13-7-12-21-15-17-27(25(29)23(21)22)18-20-10-5-2-6-11-20/h1-12,21-23H,13-18H2,(H,26,28)/t21-,22?,23+/m1/s1. The second-order valence-corrected chi connectivity index (χ2v) is 8.02. The van der Waals surface area contributed by atoms with Crippen LogP contribution in [-0.2, 0) is 22.6 Å². The lowest BCUT2D eigenvalue weighted by Gasteiger charge is -2.41. The lowest BCUT2D eigenvalue weighted by Crippen LogP contribution is -2.51. The first-order chi connectivity index (χ1) is 14.2. The predicted octanol–water partition coefficient (Wildman–Crippen LogP) is 3.59. The highest BCUT2D eigenvalue weighted by atomic mass is 16.2. The summed E-state index contributed by atoms with van der Waals surface area (Å²) < 4.78 is 0. The lowest BCUT2D eigenvalue weighted by molar-refractivity contribution is -0.148. The Bertz CT molecular complexity index is 863. The third-order valence-corrected chi connectivity index (χ3v) is 6.11. The third-order valence-electron chi connectivity index (χ3n) is 6.11. The van der Waals surface area contributed by atoms with E-state index < -0.39 is 0 Å². The van der Waals surface area contributed by atoms with E-state index in [1.54, 1.807) is 0 Å². The molecule has 2 amide bonds. The Hall–Kier alpha value is -2.88. The summed E-state index contributed by atoms with van der Waals surface area (Å²) in [7, 11) is 0. The van der Waals surface area contributed by atoms with E-state index >= 15 is 0 Å². The molecule has 1 N–H and O–H groups in total. The fourth-order valence-corrected chi connectivity index (χ4v) is 4.56. The van der Waals surface area contributed by atoms with Crippen molar-refractivity contribution < 1.29 is 9.59 Å². The van der Waals surface area contributed by atoms with Gasteiger partial charge in [-0.15, -0.1) is 0 Å². The molecule has 4 heteroatoms. The molecule has 150 valence electrons. The zero-order valence-electron chi connectivity index (χ0n) is 16.7. The maximum atomic E-state index is 13.3. The SMILES string of the molecule is O=C(NCCc1ccccc1)C1CC=C[C@@H]2CCN(Cc3ccccc3)C(=O)[C@H]12. The number of likely N-dealkylation sites (tertiary alicyclic amines) is 1. The van der Waals surface area contributed by atoms with Gasteiger partial charge in [0, 0.05) is 19.6 Å². The Morgan fingerprint density at radius 2 is 1.69 bits per heavy atom. The van der Waals surface area contributed by atoms with Gasteiger partial charge in [0.15, 0.2) is 0 Å². The van der Waals surface area contributed by atoms with Gasteiger partial charge in [0.2, 0.25) is 11.8 Å². The van der Waals surface area contributed by atoms with Gasteiger partial charge in [-0.2, -0.15) is 0 Å². The van der Waals surface area contributed by atoms with E-state index in [0.29, 0.717) is 19.5 Å². The molecular weight excluding hydrogens is 360 g/mol. The quantitative estimate of drug-likeness (QED) is 0.769. The molecule has 1 unspecified atom stereocenters. The molecule has 2 aromatic carbocycles. The molecule has 0 aromatic heterocycles. The predicted molar refractivity (Wildman–Crippen MR) is 114 cm³/mol. The molecule has 1 saturated heterocycles. The fraction of sp³-hybridized carbons (Fsp3) is 0.360. The van der Waals surface area contributed by atoms with Crippen LogP contribution in [0.4, 0.5) is 0 Å². The van der Waals surface area contributed by atoms with Crippen LogP contribution >= 0.6 is 0 Å². The minimum atomic E-state index is -0.271. The normalized spacial score (nSPS) is 23.5. The molecule has 1 heterocycles. The van der Waals surface area contributed by atoms with Crippen molar-refractivity contribution in [2.45, 2.75) is 25.8 Å². The molecule has 0 spiro atoms. The lowest BCUT2D eigenvalue weighted by atomic mass is 9.71. The number of piperidine rings is 1. The van der Waals surface area contributed by atoms with Crippen molar-refractivity contribution in [3.63, 3.8) is 0 Å². The molecule has 2 aliphatic rings. The summed E-state index contributed by atoms with van der Waals surface area (Å²) in [4.78, 5) is 28.2. The van der Waals surface area contributed by atoms with Crippen LogP contribution in [-0.4, -0.2) is 29.8 Å². The highest BCUT2D eigenvalue weighted by Gasteiger charge is 2.44. The van der Waals surface area contributed by atoms with Gasteiger partial charge in [-0.1, -0.05) is 72.8 Å². The van der Waals surface area contributed by atoms with E-state index in [1.165, 1.54) is 5.56 Å². The van der Waals surface area contributed by atoms with Crippen LogP contribution in [0.25, 0.3) is 0 Å². The van der Waals surface area contributed by atoms with Gasteiger partial charge in [0.05, 0.1) is 11.8 Å². The van der Waals surface area contributed by atoms with Gasteiger partial charge in [0.25, 0.3) is 0 Å². The monoisotopic (exact) mass is 388 g/mol. The maximum absolute atomic E-state index is 13.3. The number of hydrogen-bond acceptors (Lipinski definition) is 2. The van der Waals surface area contributed by atoms with Crippen LogP contribution in [0.5, 0.6) is 0 Å². The molecule has 1 aliphatic heterocycles. The van der Waals surface area contributed by atoms with Gasteiger partial charge < -0.3 is 10.2 Å². The van der Waals surface area contributed by atoms with Gasteiger partial charge in [-0.05, 0) is 36.3 Å². The van der Waals surface area contributed by atoms with E-state index in [9.17, 15) is 9.59 Å². The van der Waals surface area contributed by atoms with Crippen molar-refractivity contribution in [2.24, 2.45) is 17.8 Å². The molecule has 0 radical (unpaired) electrons. The summed E-state index contributed by atoms with van der Waals surface area (Å²) in [5, 5.41) is 3.08. The van der Waals surface area contributed by atoms with E-state index in [-0.39, 0.29) is 29.6 Å². The Morgan fingerprint density at radius 3 is 2.41 bits per heavy atom. The largest absolute Gasteiger partial charge is 0.355 e. The van der Waals surface area contributed by atoms with Crippen molar-refractivity contribution in [1.29, 1.82) is 0 Å². The molecule has 29 heavy (non-hydrogen) atoms. The van der Waals surface area contributed by atoms with Crippen molar-refractivity contribution in [3.8, 4) is 0 Å². The number of nitrogens with zero attached hydrogens (tertiary/aromatic N) is 1. The van der Waals surface area contributed by atoms with Crippen LogP contribution in [0.2, 0.25) is 0 Å². The summed E-state index contributed by atoms with van der Waals surface area (Å²) in [6, 6.07) is 20.2. The number of carbonyl (C=O) groups is 2. The summed E-state index contributed by atoms with van der Waals surface area (Å²) in [6.45, 7) is 1.97. The first-order valence-electron chi connectivity index (χ1n) is 10.5. The minimum Gasteiger partial charge on any atom is -0.355 e. The first-order valence-corrected chi connectivity index (χ1v) is 10.5. The number of carbonyl (C=O) groups excluding carboxylic acids is 2. The summed E-state index contributed by atoms with van der Waals surface area (Å²) >= 11 is 0. The second-order valence-electron chi connectivity index (χ2n) is 8.02. The van der Waals surface area contributed by atoms with Crippen molar-refractivity contribution in [2.75, 3.05) is 13.1 Å². The fourth-order valence-electron chi connectivity index (χ4n) is 4.56. The molecule has 0 saturated carbocycles. The molecule has 0 bridgehead atoms.